The maximum Gasteiger partial charge on any atom is 0.251 e. The fraction of sp³-hybridized carbons (Fsp3) is 0.368. The molecule has 0 saturated carbocycles. The van der Waals surface area contributed by atoms with Gasteiger partial charge in [-0.3, -0.25) is 9.59 Å². The van der Waals surface area contributed by atoms with Gasteiger partial charge in [-0.25, -0.2) is 9.97 Å². The minimum absolute atomic E-state index is 0.236. The van der Waals surface area contributed by atoms with Gasteiger partial charge in [0.1, 0.15) is 11.9 Å². The Morgan fingerprint density at radius 2 is 1.92 bits per heavy atom. The van der Waals surface area contributed by atoms with E-state index in [0.717, 1.165) is 11.3 Å². The maximum atomic E-state index is 12.5. The second kappa shape index (κ2) is 8.42. The highest BCUT2D eigenvalue weighted by molar-refractivity contribution is 5.98. The van der Waals surface area contributed by atoms with Crippen LogP contribution >= 0.6 is 0 Å². The van der Waals surface area contributed by atoms with Gasteiger partial charge in [-0.05, 0) is 31.4 Å². The summed E-state index contributed by atoms with van der Waals surface area (Å²) in [5.41, 5.74) is 7.36. The predicted molar refractivity (Wildman–Crippen MR) is 102 cm³/mol. The number of anilines is 1. The number of benzene rings is 1. The van der Waals surface area contributed by atoms with Gasteiger partial charge < -0.3 is 16.4 Å². The second-order valence-electron chi connectivity index (χ2n) is 6.61. The Morgan fingerprint density at radius 3 is 2.54 bits per heavy atom. The van der Waals surface area contributed by atoms with Crippen molar-refractivity contribution in [3.63, 3.8) is 0 Å². The van der Waals surface area contributed by atoms with Crippen LogP contribution in [0.1, 0.15) is 36.3 Å². The van der Waals surface area contributed by atoms with E-state index >= 15 is 0 Å². The minimum atomic E-state index is -0.697. The van der Waals surface area contributed by atoms with Crippen LogP contribution in [0.5, 0.6) is 0 Å². The number of hydrogen-bond donors (Lipinski definition) is 3. The first-order valence-electron chi connectivity index (χ1n) is 8.54. The smallest absolute Gasteiger partial charge is 0.251 e. The Kier molecular flexibility index (Phi) is 6.27. The number of nitrogens with zero attached hydrogens (tertiary/aromatic N) is 2. The number of aryl methyl sites for hydroxylation is 1. The summed E-state index contributed by atoms with van der Waals surface area (Å²) in [5.74, 6) is 0.576. The Bertz CT molecular complexity index is 804. The first-order valence-corrected chi connectivity index (χ1v) is 8.54. The third kappa shape index (κ3) is 5.02. The second-order valence-corrected chi connectivity index (χ2v) is 6.61. The molecule has 1 heterocycles. The van der Waals surface area contributed by atoms with E-state index in [4.69, 9.17) is 5.73 Å². The Morgan fingerprint density at radius 1 is 1.19 bits per heavy atom. The maximum absolute atomic E-state index is 12.5. The molecule has 1 aromatic carbocycles. The van der Waals surface area contributed by atoms with Crippen molar-refractivity contribution in [2.45, 2.75) is 33.2 Å². The number of carbonyl (C=O) groups excluding carboxylic acids is 2. The fourth-order valence-electron chi connectivity index (χ4n) is 2.58. The van der Waals surface area contributed by atoms with Crippen LogP contribution in [-0.2, 0) is 4.79 Å². The highest BCUT2D eigenvalue weighted by Crippen LogP contribution is 2.19. The first-order chi connectivity index (χ1) is 12.3. The first kappa shape index (κ1) is 19.4. The van der Waals surface area contributed by atoms with E-state index in [9.17, 15) is 9.59 Å². The van der Waals surface area contributed by atoms with E-state index in [2.05, 4.69) is 20.6 Å². The highest BCUT2D eigenvalue weighted by Gasteiger charge is 2.20. The molecule has 0 aliphatic carbocycles. The number of rotatable bonds is 7. The number of nitrogens with one attached hydrogen (secondary N) is 2. The number of aromatic nitrogens is 2. The van der Waals surface area contributed by atoms with Gasteiger partial charge in [0.05, 0.1) is 0 Å². The van der Waals surface area contributed by atoms with Crippen molar-refractivity contribution in [1.29, 1.82) is 0 Å². The summed E-state index contributed by atoms with van der Waals surface area (Å²) in [6.07, 6.45) is 0.493. The summed E-state index contributed by atoms with van der Waals surface area (Å²) in [7, 11) is 1.79. The zero-order valence-corrected chi connectivity index (χ0v) is 15.5. The molecule has 2 amide bonds. The number of hydrogen-bond acceptors (Lipinski definition) is 5. The molecule has 0 unspecified atom stereocenters. The van der Waals surface area contributed by atoms with Gasteiger partial charge >= 0.3 is 0 Å². The summed E-state index contributed by atoms with van der Waals surface area (Å²) in [4.78, 5) is 33.0. The third-order valence-electron chi connectivity index (χ3n) is 3.85. The molecule has 2 rings (SSSR count). The number of nitrogens with two attached hydrogens (primary N) is 1. The lowest BCUT2D eigenvalue weighted by Crippen LogP contribution is -2.45. The Balaban J connectivity index is 2.27. The van der Waals surface area contributed by atoms with Crippen LogP contribution < -0.4 is 16.4 Å². The van der Waals surface area contributed by atoms with Crippen molar-refractivity contribution in [3.05, 3.63) is 41.6 Å². The van der Waals surface area contributed by atoms with Crippen molar-refractivity contribution >= 4 is 17.6 Å². The molecule has 0 aliphatic heterocycles. The van der Waals surface area contributed by atoms with Crippen LogP contribution in [0.4, 0.5) is 5.82 Å². The number of amides is 2. The molecule has 1 atom stereocenters. The van der Waals surface area contributed by atoms with Crippen molar-refractivity contribution in [2.24, 2.45) is 11.7 Å². The summed E-state index contributed by atoms with van der Waals surface area (Å²) in [6.45, 7) is 5.82. The Hall–Kier alpha value is -2.96. The fourth-order valence-corrected chi connectivity index (χ4v) is 2.58. The SMILES string of the molecule is CNc1cc(C)nc(-c2cccc(C(=O)N[C@@H](CC(C)C)C(N)=O)c2)n1. The largest absolute Gasteiger partial charge is 0.373 e. The molecule has 1 aromatic heterocycles. The van der Waals surface area contributed by atoms with Crippen molar-refractivity contribution in [2.75, 3.05) is 12.4 Å². The van der Waals surface area contributed by atoms with Gasteiger partial charge in [0, 0.05) is 29.9 Å². The van der Waals surface area contributed by atoms with Crippen LogP contribution in [0.15, 0.2) is 30.3 Å². The molecule has 0 aliphatic rings. The summed E-state index contributed by atoms with van der Waals surface area (Å²) < 4.78 is 0. The van der Waals surface area contributed by atoms with Crippen molar-refractivity contribution in [3.8, 4) is 11.4 Å². The van der Waals surface area contributed by atoms with Crippen molar-refractivity contribution in [1.82, 2.24) is 15.3 Å². The minimum Gasteiger partial charge on any atom is -0.373 e. The van der Waals surface area contributed by atoms with Gasteiger partial charge in [-0.1, -0.05) is 26.0 Å². The molecular formula is C19H25N5O2. The molecule has 0 saturated heterocycles. The van der Waals surface area contributed by atoms with E-state index < -0.39 is 11.9 Å². The lowest BCUT2D eigenvalue weighted by atomic mass is 10.0. The molecule has 26 heavy (non-hydrogen) atoms. The summed E-state index contributed by atoms with van der Waals surface area (Å²) in [5, 5.41) is 5.70. The van der Waals surface area contributed by atoms with Gasteiger partial charge in [-0.2, -0.15) is 0 Å². The van der Waals surface area contributed by atoms with E-state index in [-0.39, 0.29) is 11.8 Å². The van der Waals surface area contributed by atoms with E-state index in [1.807, 2.05) is 32.9 Å². The molecular weight excluding hydrogens is 330 g/mol. The lowest BCUT2D eigenvalue weighted by molar-refractivity contribution is -0.120. The third-order valence-corrected chi connectivity index (χ3v) is 3.85. The molecule has 0 spiro atoms. The molecule has 0 bridgehead atoms. The molecule has 138 valence electrons. The average Bonchev–Trinajstić information content (AvgIpc) is 2.60. The van der Waals surface area contributed by atoms with Gasteiger partial charge in [-0.15, -0.1) is 0 Å². The zero-order chi connectivity index (χ0) is 19.3. The molecule has 4 N–H and O–H groups in total. The molecule has 7 nitrogen and oxygen atoms in total. The van der Waals surface area contributed by atoms with Crippen LogP contribution in [-0.4, -0.2) is 34.9 Å². The predicted octanol–water partition coefficient (Wildman–Crippen LogP) is 2.12. The lowest BCUT2D eigenvalue weighted by Gasteiger charge is -2.17. The van der Waals surface area contributed by atoms with E-state index in [1.165, 1.54) is 0 Å². The van der Waals surface area contributed by atoms with Crippen LogP contribution in [0.3, 0.4) is 0 Å². The summed E-state index contributed by atoms with van der Waals surface area (Å²) >= 11 is 0. The van der Waals surface area contributed by atoms with E-state index in [1.54, 1.807) is 25.2 Å². The number of primary amides is 1. The van der Waals surface area contributed by atoms with E-state index in [0.29, 0.717) is 23.6 Å². The molecule has 0 fully saturated rings. The van der Waals surface area contributed by atoms with Crippen LogP contribution in [0.2, 0.25) is 0 Å². The normalized spacial score (nSPS) is 11.9. The van der Waals surface area contributed by atoms with Gasteiger partial charge in [0.25, 0.3) is 5.91 Å². The number of carbonyl (C=O) groups is 2. The molecule has 2 aromatic rings. The Labute approximate surface area is 153 Å². The molecule has 0 radical (unpaired) electrons. The van der Waals surface area contributed by atoms with Crippen LogP contribution in [0, 0.1) is 12.8 Å². The van der Waals surface area contributed by atoms with Gasteiger partial charge in [0.15, 0.2) is 5.82 Å². The quantitative estimate of drug-likeness (QED) is 0.705. The summed E-state index contributed by atoms with van der Waals surface area (Å²) in [6, 6.07) is 8.13. The van der Waals surface area contributed by atoms with Gasteiger partial charge in [0.2, 0.25) is 5.91 Å². The zero-order valence-electron chi connectivity index (χ0n) is 15.5. The van der Waals surface area contributed by atoms with Crippen LogP contribution in [0.25, 0.3) is 11.4 Å². The van der Waals surface area contributed by atoms with Crippen molar-refractivity contribution < 1.29 is 9.59 Å². The standard InChI is InChI=1S/C19H25N5O2/c1-11(2)8-15(17(20)25)23-19(26)14-7-5-6-13(10-14)18-22-12(3)9-16(21-4)24-18/h5-7,9-11,15H,8H2,1-4H3,(H2,20,25)(H,23,26)(H,21,22,24)/t15-/m0/s1. The topological polar surface area (TPSA) is 110 Å². The average molecular weight is 355 g/mol. The molecule has 7 heteroatoms. The highest BCUT2D eigenvalue weighted by atomic mass is 16.2. The monoisotopic (exact) mass is 355 g/mol.